The molecule has 0 radical (unpaired) electrons. The third kappa shape index (κ3) is 5.61. The number of pyridine rings is 1. The second-order valence-electron chi connectivity index (χ2n) is 6.39. The first-order valence-electron chi connectivity index (χ1n) is 8.98. The topological polar surface area (TPSA) is 48.8 Å². The van der Waals surface area contributed by atoms with E-state index in [1.54, 1.807) is 0 Å². The molecule has 0 aliphatic carbocycles. The molecule has 25 heavy (non-hydrogen) atoms. The Morgan fingerprint density at radius 1 is 1.04 bits per heavy atom. The van der Waals surface area contributed by atoms with Crippen molar-refractivity contribution in [2.24, 2.45) is 0 Å². The molecule has 1 N–H and O–H groups in total. The van der Waals surface area contributed by atoms with Crippen molar-refractivity contribution in [3.63, 3.8) is 0 Å². The third-order valence-corrected chi connectivity index (χ3v) is 4.60. The summed E-state index contributed by atoms with van der Waals surface area (Å²) < 4.78 is 5.41. The maximum atomic E-state index is 9.40. The van der Waals surface area contributed by atoms with Crippen LogP contribution in [-0.2, 0) is 11.3 Å². The van der Waals surface area contributed by atoms with Crippen LogP contribution in [0.1, 0.15) is 5.56 Å². The second kappa shape index (κ2) is 9.63. The summed E-state index contributed by atoms with van der Waals surface area (Å²) >= 11 is 0. The summed E-state index contributed by atoms with van der Waals surface area (Å²) in [6, 6.07) is 12.7. The van der Waals surface area contributed by atoms with Crippen molar-refractivity contribution in [1.29, 1.82) is 0 Å². The molecule has 1 aliphatic heterocycles. The predicted octanol–water partition coefficient (Wildman–Crippen LogP) is 1.88. The Bertz CT molecular complexity index is 630. The van der Waals surface area contributed by atoms with Gasteiger partial charge in [0.15, 0.2) is 0 Å². The predicted molar refractivity (Wildman–Crippen MR) is 99.3 cm³/mol. The molecule has 0 spiro atoms. The van der Waals surface area contributed by atoms with E-state index in [0.29, 0.717) is 6.54 Å². The molecule has 1 aliphatic rings. The van der Waals surface area contributed by atoms with Crippen LogP contribution in [0.25, 0.3) is 11.1 Å². The van der Waals surface area contributed by atoms with Crippen LogP contribution in [-0.4, -0.2) is 72.4 Å². The second-order valence-corrected chi connectivity index (χ2v) is 6.39. The smallest absolute Gasteiger partial charge is 0.0594 e. The number of hydrogen-bond donors (Lipinski definition) is 1. The van der Waals surface area contributed by atoms with E-state index in [-0.39, 0.29) is 6.61 Å². The molecule has 0 amide bonds. The number of aliphatic hydroxyl groups excluding tert-OH is 1. The Kier molecular flexibility index (Phi) is 6.94. The molecule has 1 fully saturated rings. The summed E-state index contributed by atoms with van der Waals surface area (Å²) in [6.45, 7) is 7.38. The van der Waals surface area contributed by atoms with Gasteiger partial charge in [-0.05, 0) is 34.9 Å². The van der Waals surface area contributed by atoms with Crippen LogP contribution >= 0.6 is 0 Å². The first-order valence-corrected chi connectivity index (χ1v) is 8.98. The Balaban J connectivity index is 1.61. The van der Waals surface area contributed by atoms with Crippen molar-refractivity contribution in [3.8, 4) is 11.1 Å². The number of nitrogens with zero attached hydrogens (tertiary/aromatic N) is 3. The van der Waals surface area contributed by atoms with Gasteiger partial charge < -0.3 is 9.84 Å². The molecule has 3 rings (SSSR count). The fourth-order valence-corrected chi connectivity index (χ4v) is 3.17. The van der Waals surface area contributed by atoms with Crippen LogP contribution in [0.3, 0.4) is 0 Å². The molecule has 5 nitrogen and oxygen atoms in total. The monoisotopic (exact) mass is 341 g/mol. The van der Waals surface area contributed by atoms with E-state index in [1.807, 2.05) is 24.5 Å². The largest absolute Gasteiger partial charge is 0.395 e. The molecule has 0 bridgehead atoms. The molecule has 0 atom stereocenters. The lowest BCUT2D eigenvalue weighted by Crippen LogP contribution is -2.41. The zero-order chi connectivity index (χ0) is 17.3. The Hall–Kier alpha value is -1.79. The van der Waals surface area contributed by atoms with Crippen LogP contribution < -0.4 is 0 Å². The SMILES string of the molecule is OCCN(CCN1CCOCC1)Cc1cccc(-c2ccncc2)c1. The molecule has 2 aromatic rings. The highest BCUT2D eigenvalue weighted by Crippen LogP contribution is 2.20. The first-order chi connectivity index (χ1) is 12.3. The molecule has 1 saturated heterocycles. The quantitative estimate of drug-likeness (QED) is 0.794. The average Bonchev–Trinajstić information content (AvgIpc) is 2.68. The molecule has 2 heterocycles. The van der Waals surface area contributed by atoms with Gasteiger partial charge in [-0.1, -0.05) is 18.2 Å². The molecular weight excluding hydrogens is 314 g/mol. The lowest BCUT2D eigenvalue weighted by atomic mass is 10.0. The summed E-state index contributed by atoms with van der Waals surface area (Å²) in [4.78, 5) is 8.84. The fourth-order valence-electron chi connectivity index (χ4n) is 3.17. The maximum Gasteiger partial charge on any atom is 0.0594 e. The van der Waals surface area contributed by atoms with Crippen LogP contribution in [0.5, 0.6) is 0 Å². The Morgan fingerprint density at radius 2 is 1.84 bits per heavy atom. The van der Waals surface area contributed by atoms with Crippen LogP contribution in [0.2, 0.25) is 0 Å². The van der Waals surface area contributed by atoms with E-state index < -0.39 is 0 Å². The van der Waals surface area contributed by atoms with E-state index in [9.17, 15) is 5.11 Å². The van der Waals surface area contributed by atoms with Gasteiger partial charge in [-0.2, -0.15) is 0 Å². The van der Waals surface area contributed by atoms with Crippen molar-refractivity contribution < 1.29 is 9.84 Å². The number of benzene rings is 1. The van der Waals surface area contributed by atoms with Crippen LogP contribution in [0.15, 0.2) is 48.8 Å². The van der Waals surface area contributed by atoms with E-state index in [0.717, 1.165) is 45.9 Å². The highest BCUT2D eigenvalue weighted by Gasteiger charge is 2.13. The highest BCUT2D eigenvalue weighted by atomic mass is 16.5. The molecule has 1 aromatic carbocycles. The van der Waals surface area contributed by atoms with Crippen molar-refractivity contribution in [1.82, 2.24) is 14.8 Å². The Labute approximate surface area is 149 Å². The van der Waals surface area contributed by atoms with Gasteiger partial charge >= 0.3 is 0 Å². The minimum absolute atomic E-state index is 0.188. The lowest BCUT2D eigenvalue weighted by molar-refractivity contribution is 0.0320. The number of aliphatic hydroxyl groups is 1. The summed E-state index contributed by atoms with van der Waals surface area (Å²) in [5, 5.41) is 9.40. The molecule has 1 aromatic heterocycles. The Morgan fingerprint density at radius 3 is 2.60 bits per heavy atom. The van der Waals surface area contributed by atoms with E-state index >= 15 is 0 Å². The van der Waals surface area contributed by atoms with E-state index in [1.165, 1.54) is 16.7 Å². The van der Waals surface area contributed by atoms with Crippen molar-refractivity contribution in [2.45, 2.75) is 6.54 Å². The fraction of sp³-hybridized carbons (Fsp3) is 0.450. The van der Waals surface area contributed by atoms with Crippen molar-refractivity contribution in [3.05, 3.63) is 54.4 Å². The van der Waals surface area contributed by atoms with Crippen LogP contribution in [0.4, 0.5) is 0 Å². The number of ether oxygens (including phenoxy) is 1. The van der Waals surface area contributed by atoms with Gasteiger partial charge in [-0.3, -0.25) is 14.8 Å². The van der Waals surface area contributed by atoms with Gasteiger partial charge in [0, 0.05) is 51.7 Å². The number of hydrogen-bond acceptors (Lipinski definition) is 5. The van der Waals surface area contributed by atoms with Gasteiger partial charge in [0.2, 0.25) is 0 Å². The molecule has 5 heteroatoms. The van der Waals surface area contributed by atoms with Crippen molar-refractivity contribution in [2.75, 3.05) is 52.5 Å². The van der Waals surface area contributed by atoms with Gasteiger partial charge in [0.05, 0.1) is 19.8 Å². The van der Waals surface area contributed by atoms with Gasteiger partial charge in [-0.15, -0.1) is 0 Å². The summed E-state index contributed by atoms with van der Waals surface area (Å²) in [7, 11) is 0. The van der Waals surface area contributed by atoms with Crippen LogP contribution in [0, 0.1) is 0 Å². The molecule has 0 unspecified atom stereocenters. The number of morpholine rings is 1. The average molecular weight is 341 g/mol. The molecule has 134 valence electrons. The zero-order valence-corrected chi connectivity index (χ0v) is 14.7. The first kappa shape index (κ1) is 18.0. The number of aromatic nitrogens is 1. The minimum Gasteiger partial charge on any atom is -0.395 e. The third-order valence-electron chi connectivity index (χ3n) is 4.60. The van der Waals surface area contributed by atoms with E-state index in [4.69, 9.17) is 4.74 Å². The standard InChI is InChI=1S/C20H27N3O2/c24-13-10-23(9-8-22-11-14-25-15-12-22)17-18-2-1-3-20(16-18)19-4-6-21-7-5-19/h1-7,16,24H,8-15,17H2. The van der Waals surface area contributed by atoms with Gasteiger partial charge in [0.25, 0.3) is 0 Å². The normalized spacial score (nSPS) is 15.6. The summed E-state index contributed by atoms with van der Waals surface area (Å²) in [5.41, 5.74) is 3.65. The van der Waals surface area contributed by atoms with Gasteiger partial charge in [-0.25, -0.2) is 0 Å². The molecular formula is C20H27N3O2. The highest BCUT2D eigenvalue weighted by molar-refractivity contribution is 5.63. The summed E-state index contributed by atoms with van der Waals surface area (Å²) in [6.07, 6.45) is 3.64. The lowest BCUT2D eigenvalue weighted by Gasteiger charge is -2.30. The minimum atomic E-state index is 0.188. The summed E-state index contributed by atoms with van der Waals surface area (Å²) in [5.74, 6) is 0. The van der Waals surface area contributed by atoms with E-state index in [2.05, 4.69) is 39.0 Å². The van der Waals surface area contributed by atoms with Gasteiger partial charge in [0.1, 0.15) is 0 Å². The molecule has 0 saturated carbocycles. The van der Waals surface area contributed by atoms with Crippen molar-refractivity contribution >= 4 is 0 Å². The number of rotatable bonds is 8. The zero-order valence-electron chi connectivity index (χ0n) is 14.7. The maximum absolute atomic E-state index is 9.40.